The maximum Gasteiger partial charge on any atom is 0.171 e. The summed E-state index contributed by atoms with van der Waals surface area (Å²) in [6, 6.07) is 3.91. The van der Waals surface area contributed by atoms with Crippen LogP contribution in [0, 0.1) is 0 Å². The van der Waals surface area contributed by atoms with E-state index >= 15 is 0 Å². The van der Waals surface area contributed by atoms with E-state index in [2.05, 4.69) is 26.2 Å². The van der Waals surface area contributed by atoms with Gasteiger partial charge < -0.3 is 9.47 Å². The molecule has 0 aromatic carbocycles. The summed E-state index contributed by atoms with van der Waals surface area (Å²) in [6.07, 6.45) is 0. The molecule has 2 nitrogen and oxygen atoms in total. The van der Waals surface area contributed by atoms with Gasteiger partial charge in [-0.2, -0.15) is 0 Å². The van der Waals surface area contributed by atoms with Crippen molar-refractivity contribution < 1.29 is 9.47 Å². The summed E-state index contributed by atoms with van der Waals surface area (Å²) in [5, 5.41) is 2.13. The van der Waals surface area contributed by atoms with Gasteiger partial charge >= 0.3 is 0 Å². The predicted octanol–water partition coefficient (Wildman–Crippen LogP) is 3.23. The third-order valence-corrected chi connectivity index (χ3v) is 11.5. The van der Waals surface area contributed by atoms with Crippen molar-refractivity contribution in [2.45, 2.75) is 38.9 Å². The fourth-order valence-corrected chi connectivity index (χ4v) is 8.74. The predicted molar refractivity (Wildman–Crippen MR) is 72.1 cm³/mol. The van der Waals surface area contributed by atoms with Crippen molar-refractivity contribution in [1.29, 1.82) is 0 Å². The van der Waals surface area contributed by atoms with Gasteiger partial charge in [0.25, 0.3) is 0 Å². The van der Waals surface area contributed by atoms with Gasteiger partial charge in [0.2, 0.25) is 0 Å². The van der Waals surface area contributed by atoms with Crippen molar-refractivity contribution in [3.05, 3.63) is 5.38 Å². The molecule has 0 spiro atoms. The molecule has 1 aliphatic heterocycles. The summed E-state index contributed by atoms with van der Waals surface area (Å²) in [5.74, 6) is 2.06. The molecule has 90 valence electrons. The highest BCUT2D eigenvalue weighted by Crippen LogP contribution is 2.37. The third kappa shape index (κ3) is 1.78. The molecule has 0 bridgehead atoms. The first-order chi connectivity index (χ1) is 7.77. The molecular weight excluding hydrogens is 236 g/mol. The van der Waals surface area contributed by atoms with Crippen molar-refractivity contribution in [2.24, 2.45) is 0 Å². The minimum atomic E-state index is -1.31. The Labute approximate surface area is 103 Å². The van der Waals surface area contributed by atoms with Gasteiger partial charge in [-0.25, -0.2) is 0 Å². The van der Waals surface area contributed by atoms with Gasteiger partial charge in [0.15, 0.2) is 11.5 Å². The zero-order valence-corrected chi connectivity index (χ0v) is 12.2. The van der Waals surface area contributed by atoms with Crippen LogP contribution in [0.4, 0.5) is 0 Å². The Morgan fingerprint density at radius 2 is 1.75 bits per heavy atom. The number of fused-ring (bicyclic) bond motifs is 1. The molecule has 0 N–H and O–H groups in total. The molecule has 0 saturated carbocycles. The van der Waals surface area contributed by atoms with Gasteiger partial charge in [0.05, 0.1) is 0 Å². The molecule has 2 rings (SSSR count). The largest absolute Gasteiger partial charge is 0.485 e. The van der Waals surface area contributed by atoms with Crippen molar-refractivity contribution >= 4 is 23.9 Å². The van der Waals surface area contributed by atoms with E-state index in [1.807, 2.05) is 11.3 Å². The Hall–Kier alpha value is -0.483. The van der Waals surface area contributed by atoms with Crippen LogP contribution in [-0.4, -0.2) is 21.3 Å². The highest BCUT2D eigenvalue weighted by Gasteiger charge is 2.36. The molecule has 16 heavy (non-hydrogen) atoms. The van der Waals surface area contributed by atoms with E-state index in [-0.39, 0.29) is 0 Å². The Balaban J connectivity index is 2.42. The van der Waals surface area contributed by atoms with E-state index in [1.165, 1.54) is 22.6 Å². The number of ether oxygens (including phenoxy) is 2. The average Bonchev–Trinajstić information content (AvgIpc) is 2.77. The summed E-state index contributed by atoms with van der Waals surface area (Å²) >= 11 is 1.86. The normalized spacial score (nSPS) is 15.2. The molecule has 0 aliphatic carbocycles. The molecule has 0 saturated heterocycles. The fraction of sp³-hybridized carbons (Fsp3) is 0.667. The maximum atomic E-state index is 5.83. The average molecular weight is 256 g/mol. The summed E-state index contributed by atoms with van der Waals surface area (Å²) in [5.41, 5.74) is 0. The van der Waals surface area contributed by atoms with E-state index in [9.17, 15) is 0 Å². The highest BCUT2D eigenvalue weighted by molar-refractivity contribution is 7.26. The van der Waals surface area contributed by atoms with Gasteiger partial charge in [-0.15, -0.1) is 11.3 Å². The van der Waals surface area contributed by atoms with Crippen LogP contribution in [0.3, 0.4) is 0 Å². The zero-order chi connectivity index (χ0) is 11.6. The Kier molecular flexibility index (Phi) is 3.59. The van der Waals surface area contributed by atoms with Gasteiger partial charge in [-0.05, 0) is 0 Å². The van der Waals surface area contributed by atoms with Crippen LogP contribution in [0.15, 0.2) is 5.38 Å². The first-order valence-electron chi connectivity index (χ1n) is 6.15. The second-order valence-electron chi connectivity index (χ2n) is 4.30. The van der Waals surface area contributed by atoms with Gasteiger partial charge in [-0.1, -0.05) is 38.9 Å². The molecule has 0 unspecified atom stereocenters. The van der Waals surface area contributed by atoms with Gasteiger partial charge in [-0.3, -0.25) is 0 Å². The van der Waals surface area contributed by atoms with Gasteiger partial charge in [0.1, 0.15) is 21.3 Å². The van der Waals surface area contributed by atoms with E-state index in [0.29, 0.717) is 13.2 Å². The molecule has 2 heterocycles. The van der Waals surface area contributed by atoms with Crippen LogP contribution in [0.5, 0.6) is 11.5 Å². The monoisotopic (exact) mass is 256 g/mol. The molecule has 1 aromatic heterocycles. The lowest BCUT2D eigenvalue weighted by molar-refractivity contribution is 0.174. The number of hydrogen-bond donors (Lipinski definition) is 0. The molecule has 0 atom stereocenters. The summed E-state index contributed by atoms with van der Waals surface area (Å²) in [6.45, 7) is 8.39. The standard InChI is InChI=1S/C12H20O2SSi/c1-4-16(5-2,6-3)12-11-10(9-15-12)13-7-8-14-11/h9H,4-8H2,1-3H3. The molecule has 0 radical (unpaired) electrons. The fourth-order valence-electron chi connectivity index (χ4n) is 2.46. The maximum absolute atomic E-state index is 5.83. The second-order valence-corrected chi connectivity index (χ2v) is 10.7. The first-order valence-corrected chi connectivity index (χ1v) is 9.65. The van der Waals surface area contributed by atoms with Crippen molar-refractivity contribution in [3.8, 4) is 11.5 Å². The SMILES string of the molecule is CC[Si](CC)(CC)c1scc2c1OCCO2. The van der Waals surface area contributed by atoms with Crippen LogP contribution in [0.1, 0.15) is 20.8 Å². The van der Waals surface area contributed by atoms with Crippen LogP contribution in [0.2, 0.25) is 18.1 Å². The molecule has 0 amide bonds. The number of hydrogen-bond acceptors (Lipinski definition) is 3. The lowest BCUT2D eigenvalue weighted by Gasteiger charge is -2.28. The highest BCUT2D eigenvalue weighted by atomic mass is 32.1. The summed E-state index contributed by atoms with van der Waals surface area (Å²) in [7, 11) is -1.31. The lowest BCUT2D eigenvalue weighted by atomic mass is 10.5. The second kappa shape index (κ2) is 4.80. The van der Waals surface area contributed by atoms with Crippen LogP contribution in [0.25, 0.3) is 0 Å². The van der Waals surface area contributed by atoms with E-state index in [0.717, 1.165) is 11.5 Å². The molecular formula is C12H20O2SSi. The minimum absolute atomic E-state index is 0.697. The lowest BCUT2D eigenvalue weighted by Crippen LogP contribution is -2.45. The van der Waals surface area contributed by atoms with Crippen LogP contribution >= 0.6 is 11.3 Å². The smallest absolute Gasteiger partial charge is 0.171 e. The summed E-state index contributed by atoms with van der Waals surface area (Å²) < 4.78 is 13.0. The Bertz CT molecular complexity index is 350. The quantitative estimate of drug-likeness (QED) is 0.770. The third-order valence-electron chi connectivity index (χ3n) is 3.81. The Morgan fingerprint density at radius 1 is 1.12 bits per heavy atom. The van der Waals surface area contributed by atoms with E-state index in [4.69, 9.17) is 9.47 Å². The van der Waals surface area contributed by atoms with Crippen LogP contribution in [-0.2, 0) is 0 Å². The Morgan fingerprint density at radius 3 is 2.38 bits per heavy atom. The van der Waals surface area contributed by atoms with Crippen molar-refractivity contribution in [3.63, 3.8) is 0 Å². The first kappa shape index (κ1) is 12.0. The zero-order valence-electron chi connectivity index (χ0n) is 10.3. The molecule has 0 fully saturated rings. The van der Waals surface area contributed by atoms with E-state index < -0.39 is 8.07 Å². The minimum Gasteiger partial charge on any atom is -0.485 e. The van der Waals surface area contributed by atoms with Gasteiger partial charge in [0, 0.05) is 9.88 Å². The molecule has 1 aliphatic rings. The van der Waals surface area contributed by atoms with Crippen LogP contribution < -0.4 is 14.0 Å². The van der Waals surface area contributed by atoms with Crippen molar-refractivity contribution in [2.75, 3.05) is 13.2 Å². The summed E-state index contributed by atoms with van der Waals surface area (Å²) in [4.78, 5) is 0. The van der Waals surface area contributed by atoms with Crippen molar-refractivity contribution in [1.82, 2.24) is 0 Å². The molecule has 4 heteroatoms. The van der Waals surface area contributed by atoms with E-state index in [1.54, 1.807) is 0 Å². The topological polar surface area (TPSA) is 18.5 Å². The molecule has 1 aromatic rings. The number of thiophene rings is 1. The number of rotatable bonds is 4.